The SMILES string of the molecule is OOC(N=Nc1ccccc1)c1ccccc1. The summed E-state index contributed by atoms with van der Waals surface area (Å²) >= 11 is 0. The van der Waals surface area contributed by atoms with Gasteiger partial charge in [-0.3, -0.25) is 0 Å². The Morgan fingerprint density at radius 3 is 2.06 bits per heavy atom. The van der Waals surface area contributed by atoms with E-state index in [0.29, 0.717) is 5.69 Å². The van der Waals surface area contributed by atoms with E-state index in [2.05, 4.69) is 15.1 Å². The fourth-order valence-corrected chi connectivity index (χ4v) is 1.38. The molecule has 1 N–H and O–H groups in total. The molecule has 1 unspecified atom stereocenters. The molecule has 0 saturated carbocycles. The number of rotatable bonds is 4. The molecule has 4 nitrogen and oxygen atoms in total. The normalized spacial score (nSPS) is 12.8. The Morgan fingerprint density at radius 2 is 1.47 bits per heavy atom. The predicted molar refractivity (Wildman–Crippen MR) is 63.9 cm³/mol. The summed E-state index contributed by atoms with van der Waals surface area (Å²) in [6.45, 7) is 0. The maximum atomic E-state index is 8.80. The number of hydrogen-bond acceptors (Lipinski definition) is 4. The van der Waals surface area contributed by atoms with Crippen LogP contribution < -0.4 is 0 Å². The number of hydrogen-bond donors (Lipinski definition) is 1. The summed E-state index contributed by atoms with van der Waals surface area (Å²) in [7, 11) is 0. The number of azo groups is 1. The van der Waals surface area contributed by atoms with Gasteiger partial charge in [-0.2, -0.15) is 5.11 Å². The zero-order chi connectivity index (χ0) is 11.9. The van der Waals surface area contributed by atoms with Crippen LogP contribution in [0.2, 0.25) is 0 Å². The minimum absolute atomic E-state index is 0.713. The molecule has 2 aromatic carbocycles. The largest absolute Gasteiger partial charge is 0.249 e. The lowest BCUT2D eigenvalue weighted by atomic mass is 10.2. The van der Waals surface area contributed by atoms with E-state index in [0.717, 1.165) is 5.56 Å². The Balaban J connectivity index is 2.14. The number of benzene rings is 2. The summed E-state index contributed by atoms with van der Waals surface area (Å²) in [5.41, 5.74) is 1.46. The Morgan fingerprint density at radius 1 is 0.882 bits per heavy atom. The first kappa shape index (κ1) is 11.4. The van der Waals surface area contributed by atoms with Crippen LogP contribution in [0.25, 0.3) is 0 Å². The van der Waals surface area contributed by atoms with Gasteiger partial charge in [0.05, 0.1) is 5.69 Å². The summed E-state index contributed by atoms with van der Waals surface area (Å²) in [5.74, 6) is 0. The highest BCUT2D eigenvalue weighted by Gasteiger charge is 2.09. The van der Waals surface area contributed by atoms with Gasteiger partial charge in [0, 0.05) is 5.56 Å². The molecule has 17 heavy (non-hydrogen) atoms. The lowest BCUT2D eigenvalue weighted by Crippen LogP contribution is -1.96. The third-order valence-corrected chi connectivity index (χ3v) is 2.22. The van der Waals surface area contributed by atoms with Gasteiger partial charge in [0.15, 0.2) is 0 Å². The molecule has 0 spiro atoms. The van der Waals surface area contributed by atoms with Crippen LogP contribution in [-0.4, -0.2) is 5.26 Å². The summed E-state index contributed by atoms with van der Waals surface area (Å²) in [6.07, 6.45) is -0.795. The van der Waals surface area contributed by atoms with E-state index in [1.165, 1.54) is 0 Å². The fourth-order valence-electron chi connectivity index (χ4n) is 1.38. The van der Waals surface area contributed by atoms with Gasteiger partial charge in [-0.25, -0.2) is 10.1 Å². The minimum atomic E-state index is -0.795. The van der Waals surface area contributed by atoms with Crippen LogP contribution >= 0.6 is 0 Å². The van der Waals surface area contributed by atoms with E-state index in [-0.39, 0.29) is 0 Å². The van der Waals surface area contributed by atoms with Crippen molar-refractivity contribution in [2.24, 2.45) is 10.2 Å². The van der Waals surface area contributed by atoms with Gasteiger partial charge in [-0.1, -0.05) is 48.5 Å². The molecule has 0 fully saturated rings. The monoisotopic (exact) mass is 228 g/mol. The molecule has 0 saturated heterocycles. The van der Waals surface area contributed by atoms with Crippen molar-refractivity contribution in [1.82, 2.24) is 0 Å². The maximum Gasteiger partial charge on any atom is 0.227 e. The average Bonchev–Trinajstić information content (AvgIpc) is 2.42. The highest BCUT2D eigenvalue weighted by atomic mass is 17.1. The van der Waals surface area contributed by atoms with Gasteiger partial charge < -0.3 is 0 Å². The maximum absolute atomic E-state index is 8.80. The van der Waals surface area contributed by atoms with Crippen LogP contribution in [0, 0.1) is 0 Å². The van der Waals surface area contributed by atoms with Crippen molar-refractivity contribution in [3.05, 3.63) is 66.2 Å². The summed E-state index contributed by atoms with van der Waals surface area (Å²) in [4.78, 5) is 4.30. The molecule has 0 aliphatic rings. The number of nitrogens with zero attached hydrogens (tertiary/aromatic N) is 2. The molecule has 2 aromatic rings. The van der Waals surface area contributed by atoms with Crippen molar-refractivity contribution in [2.75, 3.05) is 0 Å². The Bertz CT molecular complexity index is 471. The smallest absolute Gasteiger partial charge is 0.227 e. The van der Waals surface area contributed by atoms with Gasteiger partial charge in [-0.05, 0) is 12.1 Å². The van der Waals surface area contributed by atoms with E-state index in [1.54, 1.807) is 0 Å². The standard InChI is InChI=1S/C13H12N2O2/c16-17-13(11-7-3-1-4-8-11)15-14-12-9-5-2-6-10-12/h1-10,13,16H. The lowest BCUT2D eigenvalue weighted by Gasteiger charge is -2.06. The third kappa shape index (κ3) is 3.21. The third-order valence-electron chi connectivity index (χ3n) is 2.22. The zero-order valence-corrected chi connectivity index (χ0v) is 9.10. The van der Waals surface area contributed by atoms with Crippen molar-refractivity contribution in [1.29, 1.82) is 0 Å². The second-order valence-corrected chi connectivity index (χ2v) is 3.42. The van der Waals surface area contributed by atoms with E-state index in [4.69, 9.17) is 5.26 Å². The Labute approximate surface area is 99.1 Å². The summed E-state index contributed by atoms with van der Waals surface area (Å²) in [5, 5.41) is 16.7. The Hall–Kier alpha value is -2.04. The van der Waals surface area contributed by atoms with Crippen LogP contribution in [0.1, 0.15) is 11.8 Å². The first-order valence-corrected chi connectivity index (χ1v) is 5.21. The first-order valence-electron chi connectivity index (χ1n) is 5.21. The summed E-state index contributed by atoms with van der Waals surface area (Å²) < 4.78 is 0. The van der Waals surface area contributed by atoms with E-state index in [1.807, 2.05) is 60.7 Å². The second kappa shape index (κ2) is 5.89. The quantitative estimate of drug-likeness (QED) is 0.489. The molecule has 4 heteroatoms. The molecule has 0 amide bonds. The molecule has 1 atom stereocenters. The Kier molecular flexibility index (Phi) is 3.96. The van der Waals surface area contributed by atoms with Gasteiger partial charge in [0.25, 0.3) is 0 Å². The first-order chi connectivity index (χ1) is 8.40. The lowest BCUT2D eigenvalue weighted by molar-refractivity contribution is -0.281. The van der Waals surface area contributed by atoms with E-state index < -0.39 is 6.23 Å². The topological polar surface area (TPSA) is 54.2 Å². The molecule has 0 heterocycles. The predicted octanol–water partition coefficient (Wildman–Crippen LogP) is 3.96. The molecule has 86 valence electrons. The van der Waals surface area contributed by atoms with Gasteiger partial charge >= 0.3 is 0 Å². The highest BCUT2D eigenvalue weighted by Crippen LogP contribution is 2.20. The minimum Gasteiger partial charge on any atom is -0.249 e. The second-order valence-electron chi connectivity index (χ2n) is 3.42. The highest BCUT2D eigenvalue weighted by molar-refractivity contribution is 5.34. The van der Waals surface area contributed by atoms with Crippen molar-refractivity contribution < 1.29 is 10.1 Å². The van der Waals surface area contributed by atoms with Crippen molar-refractivity contribution >= 4 is 5.69 Å². The van der Waals surface area contributed by atoms with Gasteiger partial charge in [0.2, 0.25) is 6.23 Å². The van der Waals surface area contributed by atoms with Crippen LogP contribution in [0.3, 0.4) is 0 Å². The molecular weight excluding hydrogens is 216 g/mol. The van der Waals surface area contributed by atoms with Crippen LogP contribution in [0.15, 0.2) is 70.9 Å². The van der Waals surface area contributed by atoms with E-state index in [9.17, 15) is 0 Å². The van der Waals surface area contributed by atoms with Crippen LogP contribution in [0.5, 0.6) is 0 Å². The van der Waals surface area contributed by atoms with Crippen molar-refractivity contribution in [2.45, 2.75) is 6.23 Å². The van der Waals surface area contributed by atoms with E-state index >= 15 is 0 Å². The average molecular weight is 228 g/mol. The molecule has 0 radical (unpaired) electrons. The molecule has 0 aliphatic heterocycles. The molecule has 2 rings (SSSR count). The summed E-state index contributed by atoms with van der Waals surface area (Å²) in [6, 6.07) is 18.5. The zero-order valence-electron chi connectivity index (χ0n) is 9.10. The molecule has 0 aromatic heterocycles. The molecule has 0 bridgehead atoms. The van der Waals surface area contributed by atoms with Crippen LogP contribution in [-0.2, 0) is 4.89 Å². The van der Waals surface area contributed by atoms with Gasteiger partial charge in [0.1, 0.15) is 0 Å². The molecule has 0 aliphatic carbocycles. The van der Waals surface area contributed by atoms with Crippen molar-refractivity contribution in [3.8, 4) is 0 Å². The van der Waals surface area contributed by atoms with Crippen LogP contribution in [0.4, 0.5) is 5.69 Å². The van der Waals surface area contributed by atoms with Gasteiger partial charge in [-0.15, -0.1) is 5.11 Å². The molecular formula is C13H12N2O2. The van der Waals surface area contributed by atoms with Crippen molar-refractivity contribution in [3.63, 3.8) is 0 Å². The fraction of sp³-hybridized carbons (Fsp3) is 0.0769.